The fraction of sp³-hybridized carbons (Fsp3) is 0.267. The van der Waals surface area contributed by atoms with Crippen LogP contribution in [0.4, 0.5) is 4.39 Å². The lowest BCUT2D eigenvalue weighted by molar-refractivity contribution is 0.0943. The van der Waals surface area contributed by atoms with Crippen LogP contribution in [-0.2, 0) is 0 Å². The molecule has 1 amide bonds. The van der Waals surface area contributed by atoms with Crippen LogP contribution in [0.1, 0.15) is 33.8 Å². The van der Waals surface area contributed by atoms with Crippen molar-refractivity contribution in [2.45, 2.75) is 19.9 Å². The Bertz CT molecular complexity index is 652. The highest BCUT2D eigenvalue weighted by Gasteiger charge is 2.17. The normalized spacial score (nSPS) is 12.0. The van der Waals surface area contributed by atoms with E-state index in [1.807, 2.05) is 13.0 Å². The summed E-state index contributed by atoms with van der Waals surface area (Å²) >= 11 is 4.77. The first-order valence-corrected chi connectivity index (χ1v) is 7.93. The Labute approximate surface area is 135 Å². The van der Waals surface area contributed by atoms with Gasteiger partial charge in [-0.05, 0) is 59.6 Å². The minimum atomic E-state index is -0.360. The van der Waals surface area contributed by atoms with Crippen molar-refractivity contribution in [1.29, 1.82) is 0 Å². The molecular weight excluding hydrogens is 357 g/mol. The van der Waals surface area contributed by atoms with Gasteiger partial charge in [0.15, 0.2) is 0 Å². The van der Waals surface area contributed by atoms with Crippen molar-refractivity contribution < 1.29 is 13.9 Å². The summed E-state index contributed by atoms with van der Waals surface area (Å²) in [5.74, 6) is 0.00182. The molecule has 1 aromatic carbocycles. The summed E-state index contributed by atoms with van der Waals surface area (Å²) in [5.41, 5.74) is 1.62. The molecule has 3 nitrogen and oxygen atoms in total. The van der Waals surface area contributed by atoms with Crippen LogP contribution in [-0.4, -0.2) is 13.0 Å². The first-order valence-electron chi connectivity index (χ1n) is 6.32. The lowest BCUT2D eigenvalue weighted by Crippen LogP contribution is -2.26. The van der Waals surface area contributed by atoms with Gasteiger partial charge in [-0.15, -0.1) is 11.3 Å². The summed E-state index contributed by atoms with van der Waals surface area (Å²) in [6, 6.07) is 5.72. The summed E-state index contributed by atoms with van der Waals surface area (Å²) in [4.78, 5) is 12.8. The second kappa shape index (κ2) is 6.58. The zero-order valence-electron chi connectivity index (χ0n) is 11.9. The number of carbonyl (C=O) groups excluding carboxylic acids is 1. The molecule has 2 rings (SSSR count). The van der Waals surface area contributed by atoms with Crippen LogP contribution in [0, 0.1) is 12.7 Å². The number of aryl methyl sites for hydroxylation is 1. The van der Waals surface area contributed by atoms with E-state index in [4.69, 9.17) is 4.74 Å². The maximum Gasteiger partial charge on any atom is 0.261 e. The Morgan fingerprint density at radius 3 is 2.71 bits per heavy atom. The maximum atomic E-state index is 13.4. The Hall–Kier alpha value is -1.40. The second-order valence-corrected chi connectivity index (χ2v) is 7.02. The quantitative estimate of drug-likeness (QED) is 0.861. The van der Waals surface area contributed by atoms with Crippen molar-refractivity contribution >= 4 is 33.2 Å². The van der Waals surface area contributed by atoms with Gasteiger partial charge in [0.25, 0.3) is 5.91 Å². The second-order valence-electron chi connectivity index (χ2n) is 4.65. The minimum absolute atomic E-state index is 0.187. The van der Waals surface area contributed by atoms with E-state index in [1.54, 1.807) is 13.0 Å². The minimum Gasteiger partial charge on any atom is -0.496 e. The van der Waals surface area contributed by atoms with Gasteiger partial charge in [0.2, 0.25) is 0 Å². The Morgan fingerprint density at radius 1 is 1.43 bits per heavy atom. The van der Waals surface area contributed by atoms with E-state index in [0.717, 1.165) is 9.35 Å². The molecule has 0 saturated heterocycles. The lowest BCUT2D eigenvalue weighted by Gasteiger charge is -2.17. The van der Waals surface area contributed by atoms with Gasteiger partial charge in [-0.2, -0.15) is 0 Å². The molecule has 1 aromatic heterocycles. The maximum absolute atomic E-state index is 13.4. The van der Waals surface area contributed by atoms with Crippen molar-refractivity contribution in [3.05, 3.63) is 49.9 Å². The number of amides is 1. The lowest BCUT2D eigenvalue weighted by atomic mass is 10.1. The summed E-state index contributed by atoms with van der Waals surface area (Å²) in [7, 11) is 1.52. The number of carbonyl (C=O) groups is 1. The average Bonchev–Trinajstić information content (AvgIpc) is 2.78. The molecule has 0 fully saturated rings. The van der Waals surface area contributed by atoms with E-state index < -0.39 is 0 Å². The molecule has 0 aliphatic rings. The summed E-state index contributed by atoms with van der Waals surface area (Å²) in [5, 5.41) is 2.86. The highest BCUT2D eigenvalue weighted by atomic mass is 79.9. The molecule has 112 valence electrons. The van der Waals surface area contributed by atoms with Gasteiger partial charge in [0.1, 0.15) is 11.6 Å². The van der Waals surface area contributed by atoms with Crippen LogP contribution < -0.4 is 10.1 Å². The number of hydrogen-bond acceptors (Lipinski definition) is 3. The third-order valence-electron chi connectivity index (χ3n) is 3.09. The third kappa shape index (κ3) is 3.63. The van der Waals surface area contributed by atoms with Crippen molar-refractivity contribution in [2.75, 3.05) is 7.11 Å². The van der Waals surface area contributed by atoms with Crippen LogP contribution in [0.3, 0.4) is 0 Å². The van der Waals surface area contributed by atoms with Crippen molar-refractivity contribution in [2.24, 2.45) is 0 Å². The van der Waals surface area contributed by atoms with E-state index in [1.165, 1.54) is 30.6 Å². The molecular formula is C15H15BrFNO2S. The number of methoxy groups -OCH3 is 1. The smallest absolute Gasteiger partial charge is 0.261 e. The van der Waals surface area contributed by atoms with Gasteiger partial charge in [-0.1, -0.05) is 0 Å². The molecule has 0 radical (unpaired) electrons. The SMILES string of the molecule is COc1ccc(F)cc1C(C)NC(=O)c1cc(C)c(Br)s1. The number of benzene rings is 1. The van der Waals surface area contributed by atoms with E-state index in [2.05, 4.69) is 21.2 Å². The number of rotatable bonds is 4. The van der Waals surface area contributed by atoms with Gasteiger partial charge in [-0.25, -0.2) is 4.39 Å². The largest absolute Gasteiger partial charge is 0.496 e. The molecule has 0 aliphatic heterocycles. The van der Waals surface area contributed by atoms with Crippen molar-refractivity contribution in [1.82, 2.24) is 5.32 Å². The van der Waals surface area contributed by atoms with E-state index in [-0.39, 0.29) is 17.8 Å². The Kier molecular flexibility index (Phi) is 5.00. The van der Waals surface area contributed by atoms with Gasteiger partial charge >= 0.3 is 0 Å². The van der Waals surface area contributed by atoms with Gasteiger partial charge in [-0.3, -0.25) is 4.79 Å². The van der Waals surface area contributed by atoms with Gasteiger partial charge < -0.3 is 10.1 Å². The predicted octanol–water partition coefficient (Wildman–Crippen LogP) is 4.46. The number of hydrogen-bond donors (Lipinski definition) is 1. The fourth-order valence-electron chi connectivity index (χ4n) is 1.96. The molecule has 0 spiro atoms. The molecule has 21 heavy (non-hydrogen) atoms. The monoisotopic (exact) mass is 371 g/mol. The summed E-state index contributed by atoms with van der Waals surface area (Å²) in [6.45, 7) is 3.72. The van der Waals surface area contributed by atoms with Crippen LogP contribution in [0.15, 0.2) is 28.1 Å². The summed E-state index contributed by atoms with van der Waals surface area (Å²) < 4.78 is 19.5. The molecule has 1 atom stereocenters. The van der Waals surface area contributed by atoms with Gasteiger partial charge in [0, 0.05) is 5.56 Å². The summed E-state index contributed by atoms with van der Waals surface area (Å²) in [6.07, 6.45) is 0. The van der Waals surface area contributed by atoms with E-state index >= 15 is 0 Å². The highest BCUT2D eigenvalue weighted by Crippen LogP contribution is 2.29. The Morgan fingerprint density at radius 2 is 2.14 bits per heavy atom. The average molecular weight is 372 g/mol. The van der Waals surface area contributed by atoms with Gasteiger partial charge in [0.05, 0.1) is 21.8 Å². The van der Waals surface area contributed by atoms with Crippen LogP contribution >= 0.6 is 27.3 Å². The molecule has 0 saturated carbocycles. The first-order chi connectivity index (χ1) is 9.92. The topological polar surface area (TPSA) is 38.3 Å². The standard InChI is InChI=1S/C15H15BrFNO2S/c1-8-6-13(21-14(8)16)15(19)18-9(2)11-7-10(17)4-5-12(11)20-3/h4-7,9H,1-3H3,(H,18,19). The first kappa shape index (κ1) is 16.0. The van der Waals surface area contributed by atoms with Crippen LogP contribution in [0.5, 0.6) is 5.75 Å². The third-order valence-corrected chi connectivity index (χ3v) is 5.22. The fourth-order valence-corrected chi connectivity index (χ4v) is 3.40. The van der Waals surface area contributed by atoms with Crippen molar-refractivity contribution in [3.63, 3.8) is 0 Å². The molecule has 1 N–H and O–H groups in total. The van der Waals surface area contributed by atoms with E-state index in [0.29, 0.717) is 16.2 Å². The van der Waals surface area contributed by atoms with Crippen LogP contribution in [0.2, 0.25) is 0 Å². The molecule has 0 bridgehead atoms. The molecule has 1 heterocycles. The highest BCUT2D eigenvalue weighted by molar-refractivity contribution is 9.11. The number of halogens is 2. The van der Waals surface area contributed by atoms with Crippen molar-refractivity contribution in [3.8, 4) is 5.75 Å². The zero-order chi connectivity index (χ0) is 15.6. The Balaban J connectivity index is 2.19. The predicted molar refractivity (Wildman–Crippen MR) is 85.6 cm³/mol. The van der Waals surface area contributed by atoms with E-state index in [9.17, 15) is 9.18 Å². The zero-order valence-corrected chi connectivity index (χ0v) is 14.3. The molecule has 1 unspecified atom stereocenters. The number of thiophene rings is 1. The molecule has 0 aliphatic carbocycles. The molecule has 6 heteroatoms. The molecule has 2 aromatic rings. The van der Waals surface area contributed by atoms with Crippen LogP contribution in [0.25, 0.3) is 0 Å². The number of nitrogens with one attached hydrogen (secondary N) is 1. The number of ether oxygens (including phenoxy) is 1.